The van der Waals surface area contributed by atoms with Crippen LogP contribution in [0.15, 0.2) is 42.5 Å². The maximum absolute atomic E-state index is 13.6. The van der Waals surface area contributed by atoms with Crippen LogP contribution in [-0.4, -0.2) is 62.7 Å². The summed E-state index contributed by atoms with van der Waals surface area (Å²) in [4.78, 5) is 27.7. The van der Waals surface area contributed by atoms with Crippen LogP contribution in [0.5, 0.6) is 0 Å². The highest BCUT2D eigenvalue weighted by molar-refractivity contribution is 7.90. The van der Waals surface area contributed by atoms with Crippen LogP contribution in [-0.2, 0) is 26.3 Å². The molecule has 0 aromatic heterocycles. The molecule has 0 unspecified atom stereocenters. The molecule has 1 N–H and O–H groups in total. The molecule has 198 valence electrons. The van der Waals surface area contributed by atoms with Crippen LogP contribution in [0.4, 0.5) is 10.1 Å². The molecule has 0 aliphatic rings. The summed E-state index contributed by atoms with van der Waals surface area (Å²) in [6.45, 7) is 3.31. The molecule has 0 saturated heterocycles. The number of amides is 2. The van der Waals surface area contributed by atoms with Crippen LogP contribution < -0.4 is 9.62 Å². The summed E-state index contributed by atoms with van der Waals surface area (Å²) in [5.74, 6) is -1.58. The summed E-state index contributed by atoms with van der Waals surface area (Å²) in [5, 5.41) is 3.51. The Balaban J connectivity index is 2.44. The summed E-state index contributed by atoms with van der Waals surface area (Å²) in [5.41, 5.74) is 0.634. The third-order valence-corrected chi connectivity index (χ3v) is 7.89. The third-order valence-electron chi connectivity index (χ3n) is 5.49. The molecule has 12 heteroatoms. The Bertz CT molecular complexity index is 1160. The average molecular weight is 562 g/mol. The smallest absolute Gasteiger partial charge is 0.304 e. The van der Waals surface area contributed by atoms with Gasteiger partial charge in [-0.2, -0.15) is 12.7 Å². The van der Waals surface area contributed by atoms with Crippen LogP contribution in [0.2, 0.25) is 10.0 Å². The predicted octanol–water partition coefficient (Wildman–Crippen LogP) is 4.08. The summed E-state index contributed by atoms with van der Waals surface area (Å²) in [7, 11) is -1.48. The minimum Gasteiger partial charge on any atom is -0.354 e. The first-order chi connectivity index (χ1) is 16.9. The van der Waals surface area contributed by atoms with Gasteiger partial charge in [0, 0.05) is 37.2 Å². The lowest BCUT2D eigenvalue weighted by Crippen LogP contribution is -2.52. The first-order valence-corrected chi connectivity index (χ1v) is 13.5. The highest BCUT2D eigenvalue weighted by Crippen LogP contribution is 2.25. The minimum absolute atomic E-state index is 0.0591. The zero-order valence-corrected chi connectivity index (χ0v) is 23.0. The number of nitrogens with zero attached hydrogens (tertiary/aromatic N) is 3. The first kappa shape index (κ1) is 29.8. The summed E-state index contributed by atoms with van der Waals surface area (Å²) in [6, 6.07) is 8.59. The summed E-state index contributed by atoms with van der Waals surface area (Å²) in [6.07, 6.45) is 1.65. The lowest BCUT2D eigenvalue weighted by Gasteiger charge is -2.33. The highest BCUT2D eigenvalue weighted by atomic mass is 35.5. The van der Waals surface area contributed by atoms with Gasteiger partial charge in [-0.05, 0) is 55.3 Å². The monoisotopic (exact) mass is 560 g/mol. The Morgan fingerprint density at radius 1 is 1.08 bits per heavy atom. The number of halogens is 3. The molecule has 0 heterocycles. The van der Waals surface area contributed by atoms with E-state index in [4.69, 9.17) is 23.2 Å². The van der Waals surface area contributed by atoms with E-state index < -0.39 is 34.5 Å². The number of benzene rings is 2. The van der Waals surface area contributed by atoms with Gasteiger partial charge in [0.05, 0.1) is 5.69 Å². The maximum atomic E-state index is 13.6. The van der Waals surface area contributed by atoms with E-state index in [0.29, 0.717) is 22.2 Å². The van der Waals surface area contributed by atoms with Crippen LogP contribution >= 0.6 is 23.2 Å². The van der Waals surface area contributed by atoms with Gasteiger partial charge >= 0.3 is 10.2 Å². The molecular formula is C24H31Cl2FN4O4S. The van der Waals surface area contributed by atoms with Gasteiger partial charge in [-0.3, -0.25) is 9.59 Å². The Morgan fingerprint density at radius 3 is 2.28 bits per heavy atom. The summed E-state index contributed by atoms with van der Waals surface area (Å²) >= 11 is 12.3. The van der Waals surface area contributed by atoms with Gasteiger partial charge < -0.3 is 10.2 Å². The molecule has 0 spiro atoms. The second kappa shape index (κ2) is 13.2. The molecule has 0 aliphatic heterocycles. The number of rotatable bonds is 12. The fourth-order valence-electron chi connectivity index (χ4n) is 3.28. The SMILES string of the molecule is CCCCNC(=O)[C@@H](C)N(Cc1ccc(Cl)cc1Cl)C(=O)CN(c1ccc(F)cc1)S(=O)(=O)N(C)C. The van der Waals surface area contributed by atoms with Gasteiger partial charge in [0.2, 0.25) is 11.8 Å². The van der Waals surface area contributed by atoms with Crippen molar-refractivity contribution in [1.82, 2.24) is 14.5 Å². The summed E-state index contributed by atoms with van der Waals surface area (Å²) < 4.78 is 41.5. The molecule has 0 fully saturated rings. The van der Waals surface area contributed by atoms with E-state index in [1.165, 1.54) is 37.2 Å². The Kier molecular flexibility index (Phi) is 11.0. The molecule has 8 nitrogen and oxygen atoms in total. The van der Waals surface area contributed by atoms with E-state index in [2.05, 4.69) is 5.32 Å². The van der Waals surface area contributed by atoms with Crippen molar-refractivity contribution < 1.29 is 22.4 Å². The predicted molar refractivity (Wildman–Crippen MR) is 141 cm³/mol. The number of nitrogens with one attached hydrogen (secondary N) is 1. The zero-order valence-electron chi connectivity index (χ0n) is 20.7. The van der Waals surface area contributed by atoms with E-state index in [1.807, 2.05) is 6.92 Å². The molecule has 1 atom stereocenters. The molecule has 0 saturated carbocycles. The van der Waals surface area contributed by atoms with E-state index in [9.17, 15) is 22.4 Å². The van der Waals surface area contributed by atoms with Gasteiger partial charge in [0.25, 0.3) is 0 Å². The van der Waals surface area contributed by atoms with Gasteiger partial charge in [-0.25, -0.2) is 8.70 Å². The fraction of sp³-hybridized carbons (Fsp3) is 0.417. The fourth-order valence-corrected chi connectivity index (χ4v) is 4.80. The minimum atomic E-state index is -4.13. The van der Waals surface area contributed by atoms with Crippen LogP contribution in [0, 0.1) is 5.82 Å². The first-order valence-electron chi connectivity index (χ1n) is 11.3. The highest BCUT2D eigenvalue weighted by Gasteiger charge is 2.32. The van der Waals surface area contributed by atoms with Gasteiger partial charge in [-0.15, -0.1) is 0 Å². The second-order valence-electron chi connectivity index (χ2n) is 8.35. The molecule has 0 radical (unpaired) electrons. The van der Waals surface area contributed by atoms with Gasteiger partial charge in [-0.1, -0.05) is 42.6 Å². The lowest BCUT2D eigenvalue weighted by molar-refractivity contribution is -0.139. The van der Waals surface area contributed by atoms with E-state index >= 15 is 0 Å². The van der Waals surface area contributed by atoms with E-state index in [1.54, 1.807) is 19.1 Å². The molecule has 0 bridgehead atoms. The standard InChI is InChI=1S/C24H31Cl2FN4O4S/c1-5-6-13-28-24(33)17(2)30(15-18-7-8-19(25)14-22(18)26)23(32)16-31(36(34,35)29(3)4)21-11-9-20(27)10-12-21/h7-12,14,17H,5-6,13,15-16H2,1-4H3,(H,28,33)/t17-/m1/s1. The molecule has 0 aliphatic carbocycles. The number of unbranched alkanes of at least 4 members (excludes halogenated alkanes) is 1. The van der Waals surface area contributed by atoms with Crippen molar-refractivity contribution in [3.8, 4) is 0 Å². The Labute approximate surface area is 222 Å². The van der Waals surface area contributed by atoms with Crippen molar-refractivity contribution in [3.63, 3.8) is 0 Å². The largest absolute Gasteiger partial charge is 0.354 e. The van der Waals surface area contributed by atoms with Crippen molar-refractivity contribution in [1.29, 1.82) is 0 Å². The van der Waals surface area contributed by atoms with E-state index in [0.717, 1.165) is 33.6 Å². The van der Waals surface area contributed by atoms with Gasteiger partial charge in [0.15, 0.2) is 0 Å². The van der Waals surface area contributed by atoms with Crippen LogP contribution in [0.25, 0.3) is 0 Å². The number of hydrogen-bond acceptors (Lipinski definition) is 4. The topological polar surface area (TPSA) is 90.0 Å². The molecule has 2 aromatic carbocycles. The molecule has 2 aromatic rings. The van der Waals surface area contributed by atoms with Crippen molar-refractivity contribution in [2.45, 2.75) is 39.3 Å². The Morgan fingerprint density at radius 2 is 1.72 bits per heavy atom. The van der Waals surface area contributed by atoms with E-state index in [-0.39, 0.29) is 18.1 Å². The lowest BCUT2D eigenvalue weighted by atomic mass is 10.1. The molecule has 2 rings (SSSR count). The Hall–Kier alpha value is -2.40. The van der Waals surface area contributed by atoms with Crippen LogP contribution in [0.1, 0.15) is 32.3 Å². The number of hydrogen-bond donors (Lipinski definition) is 1. The van der Waals surface area contributed by atoms with Crippen molar-refractivity contribution >= 4 is 50.9 Å². The maximum Gasteiger partial charge on any atom is 0.304 e. The number of carbonyl (C=O) groups excluding carboxylic acids is 2. The molecule has 2 amide bonds. The second-order valence-corrected chi connectivity index (χ2v) is 11.3. The molecule has 36 heavy (non-hydrogen) atoms. The molecular weight excluding hydrogens is 530 g/mol. The quantitative estimate of drug-likeness (QED) is 0.396. The van der Waals surface area contributed by atoms with Crippen molar-refractivity contribution in [2.24, 2.45) is 0 Å². The van der Waals surface area contributed by atoms with Gasteiger partial charge in [0.1, 0.15) is 18.4 Å². The van der Waals surface area contributed by atoms with Crippen LogP contribution in [0.3, 0.4) is 0 Å². The van der Waals surface area contributed by atoms with Crippen molar-refractivity contribution in [2.75, 3.05) is 31.5 Å². The third kappa shape index (κ3) is 7.80. The normalized spacial score (nSPS) is 12.3. The number of anilines is 1. The van der Waals surface area contributed by atoms with Crippen molar-refractivity contribution in [3.05, 3.63) is 63.9 Å². The zero-order chi connectivity index (χ0) is 27.0. The number of carbonyl (C=O) groups is 2. The average Bonchev–Trinajstić information content (AvgIpc) is 2.82.